The fourth-order valence-corrected chi connectivity index (χ4v) is 4.71. The van der Waals surface area contributed by atoms with E-state index in [1.165, 1.54) is 6.07 Å². The molecule has 8 heteroatoms. The van der Waals surface area contributed by atoms with Gasteiger partial charge in [0.05, 0.1) is 17.6 Å². The summed E-state index contributed by atoms with van der Waals surface area (Å²) in [5.74, 6) is 1.24. The van der Waals surface area contributed by atoms with Crippen molar-refractivity contribution in [1.82, 2.24) is 10.2 Å². The fraction of sp³-hybridized carbons (Fsp3) is 0.273. The van der Waals surface area contributed by atoms with Crippen molar-refractivity contribution in [3.05, 3.63) is 70.7 Å². The summed E-state index contributed by atoms with van der Waals surface area (Å²) in [6, 6.07) is 12.2. The highest BCUT2D eigenvalue weighted by atomic mass is 32.2. The zero-order valence-electron chi connectivity index (χ0n) is 16.9. The van der Waals surface area contributed by atoms with Crippen molar-refractivity contribution in [3.8, 4) is 11.5 Å². The van der Waals surface area contributed by atoms with Crippen LogP contribution in [-0.4, -0.2) is 28.5 Å². The quantitative estimate of drug-likeness (QED) is 0.622. The first-order valence-corrected chi connectivity index (χ1v) is 10.5. The molecular formula is C22H22FN3O3S. The molecule has 1 amide bonds. The lowest BCUT2D eigenvalue weighted by atomic mass is 10.0. The number of rotatable bonds is 5. The number of thioether (sulfide) groups is 1. The van der Waals surface area contributed by atoms with Crippen LogP contribution in [-0.2, 0) is 11.4 Å². The second-order valence-corrected chi connectivity index (χ2v) is 8.50. The van der Waals surface area contributed by atoms with E-state index in [1.54, 1.807) is 37.1 Å². The highest BCUT2D eigenvalue weighted by Crippen LogP contribution is 2.46. The smallest absolute Gasteiger partial charge is 0.238 e. The number of nitrogens with one attached hydrogen (secondary N) is 2. The van der Waals surface area contributed by atoms with E-state index < -0.39 is 0 Å². The maximum absolute atomic E-state index is 13.9. The van der Waals surface area contributed by atoms with Gasteiger partial charge in [0.15, 0.2) is 17.3 Å². The van der Waals surface area contributed by atoms with E-state index in [9.17, 15) is 9.18 Å². The normalized spacial score (nSPS) is 18.3. The van der Waals surface area contributed by atoms with Crippen molar-refractivity contribution in [1.29, 1.82) is 0 Å². The number of anilines is 1. The fourth-order valence-electron chi connectivity index (χ4n) is 3.39. The Kier molecular flexibility index (Phi) is 5.67. The van der Waals surface area contributed by atoms with Gasteiger partial charge < -0.3 is 14.8 Å². The van der Waals surface area contributed by atoms with Crippen LogP contribution < -0.4 is 14.8 Å². The third kappa shape index (κ3) is 3.87. The molecule has 1 aromatic heterocycles. The Morgan fingerprint density at radius 3 is 2.77 bits per heavy atom. The Morgan fingerprint density at radius 1 is 1.20 bits per heavy atom. The molecule has 0 aliphatic carbocycles. The molecule has 0 radical (unpaired) electrons. The molecule has 30 heavy (non-hydrogen) atoms. The summed E-state index contributed by atoms with van der Waals surface area (Å²) in [4.78, 5) is 12.3. The number of benzene rings is 2. The first-order valence-electron chi connectivity index (χ1n) is 9.53. The van der Waals surface area contributed by atoms with E-state index in [0.717, 1.165) is 16.8 Å². The van der Waals surface area contributed by atoms with Gasteiger partial charge in [-0.2, -0.15) is 5.10 Å². The molecule has 6 nitrogen and oxygen atoms in total. The third-order valence-electron chi connectivity index (χ3n) is 5.04. The molecule has 1 aliphatic heterocycles. The van der Waals surface area contributed by atoms with Gasteiger partial charge in [-0.3, -0.25) is 9.89 Å². The molecule has 3 aromatic rings. The monoisotopic (exact) mass is 427 g/mol. The average Bonchev–Trinajstić information content (AvgIpc) is 3.04. The number of H-pyrrole nitrogens is 1. The summed E-state index contributed by atoms with van der Waals surface area (Å²) in [5.41, 5.74) is 3.28. The first kappa shape index (κ1) is 20.3. The lowest BCUT2D eigenvalue weighted by Gasteiger charge is -2.19. The molecular weight excluding hydrogens is 405 g/mol. The maximum atomic E-state index is 13.9. The minimum Gasteiger partial charge on any atom is -0.493 e. The van der Waals surface area contributed by atoms with Crippen molar-refractivity contribution in [2.24, 2.45) is 0 Å². The molecule has 0 fully saturated rings. The van der Waals surface area contributed by atoms with E-state index >= 15 is 0 Å². The molecule has 2 N–H and O–H groups in total. The Balaban J connectivity index is 1.64. The molecule has 4 rings (SSSR count). The Hall–Kier alpha value is -3.00. The minimum atomic E-state index is -0.308. The van der Waals surface area contributed by atoms with Crippen LogP contribution in [0.4, 0.5) is 10.2 Å². The number of methoxy groups -OCH3 is 1. The molecule has 1 aliphatic rings. The van der Waals surface area contributed by atoms with E-state index in [-0.39, 0.29) is 28.8 Å². The van der Waals surface area contributed by atoms with E-state index in [2.05, 4.69) is 15.5 Å². The lowest BCUT2D eigenvalue weighted by molar-refractivity contribution is -0.115. The van der Waals surface area contributed by atoms with Crippen LogP contribution in [0, 0.1) is 12.7 Å². The van der Waals surface area contributed by atoms with Gasteiger partial charge >= 0.3 is 0 Å². The van der Waals surface area contributed by atoms with E-state index in [4.69, 9.17) is 9.47 Å². The summed E-state index contributed by atoms with van der Waals surface area (Å²) >= 11 is 1.55. The van der Waals surface area contributed by atoms with Crippen LogP contribution in [0.3, 0.4) is 0 Å². The van der Waals surface area contributed by atoms with Crippen molar-refractivity contribution in [2.75, 3.05) is 12.4 Å². The van der Waals surface area contributed by atoms with Crippen LogP contribution in [0.5, 0.6) is 11.5 Å². The molecule has 2 heterocycles. The third-order valence-corrected chi connectivity index (χ3v) is 6.44. The van der Waals surface area contributed by atoms with Crippen LogP contribution in [0.1, 0.15) is 34.6 Å². The largest absolute Gasteiger partial charge is 0.493 e. The molecule has 2 atom stereocenters. The standard InChI is InChI=1S/C22H22FN3O3S/c1-12-19-20(30-13(2)22(27)24-21(19)26-25-12)14-8-9-17(18(10-14)28-3)29-11-15-6-4-5-7-16(15)23/h4-10,13,20H,11H2,1-3H3,(H2,24,25,26,27). The van der Waals surface area contributed by atoms with Gasteiger partial charge in [0.2, 0.25) is 5.91 Å². The van der Waals surface area contributed by atoms with Gasteiger partial charge in [-0.15, -0.1) is 11.8 Å². The summed E-state index contributed by atoms with van der Waals surface area (Å²) in [5, 5.41) is 9.73. The second kappa shape index (κ2) is 8.39. The molecule has 0 bridgehead atoms. The minimum absolute atomic E-state index is 0.0768. The topological polar surface area (TPSA) is 76.2 Å². The van der Waals surface area contributed by atoms with Crippen LogP contribution in [0.2, 0.25) is 0 Å². The zero-order chi connectivity index (χ0) is 21.3. The van der Waals surface area contributed by atoms with Crippen molar-refractivity contribution >= 4 is 23.5 Å². The van der Waals surface area contributed by atoms with Crippen molar-refractivity contribution in [3.63, 3.8) is 0 Å². The summed E-state index contributed by atoms with van der Waals surface area (Å²) < 4.78 is 25.2. The van der Waals surface area contributed by atoms with Crippen LogP contribution >= 0.6 is 11.8 Å². The molecule has 0 spiro atoms. The Labute approximate surface area is 178 Å². The Morgan fingerprint density at radius 2 is 2.00 bits per heavy atom. The van der Waals surface area contributed by atoms with Gasteiger partial charge in [-0.25, -0.2) is 4.39 Å². The molecule has 2 aromatic carbocycles. The lowest BCUT2D eigenvalue weighted by Crippen LogP contribution is -2.21. The number of carbonyl (C=O) groups is 1. The number of fused-ring (bicyclic) bond motifs is 1. The number of hydrogen-bond donors (Lipinski definition) is 2. The summed E-state index contributed by atoms with van der Waals surface area (Å²) in [6.45, 7) is 3.91. The highest BCUT2D eigenvalue weighted by molar-refractivity contribution is 8.01. The predicted molar refractivity (Wildman–Crippen MR) is 115 cm³/mol. The van der Waals surface area contributed by atoms with Gasteiger partial charge in [-0.05, 0) is 37.6 Å². The van der Waals surface area contributed by atoms with Crippen LogP contribution in [0.15, 0.2) is 42.5 Å². The zero-order valence-corrected chi connectivity index (χ0v) is 17.7. The van der Waals surface area contributed by atoms with E-state index in [0.29, 0.717) is 22.9 Å². The second-order valence-electron chi connectivity index (χ2n) is 7.05. The number of hydrogen-bond acceptors (Lipinski definition) is 5. The average molecular weight is 428 g/mol. The number of carbonyl (C=O) groups excluding carboxylic acids is 1. The molecule has 2 unspecified atom stereocenters. The number of amides is 1. The Bertz CT molecular complexity index is 1090. The maximum Gasteiger partial charge on any atom is 0.238 e. The van der Waals surface area contributed by atoms with Crippen LogP contribution in [0.25, 0.3) is 0 Å². The summed E-state index contributed by atoms with van der Waals surface area (Å²) in [7, 11) is 1.57. The molecule has 0 saturated heterocycles. The van der Waals surface area contributed by atoms with Gasteiger partial charge in [0.1, 0.15) is 12.4 Å². The number of ether oxygens (including phenoxy) is 2. The number of halogens is 1. The first-order chi connectivity index (χ1) is 14.5. The van der Waals surface area contributed by atoms with Crippen molar-refractivity contribution < 1.29 is 18.7 Å². The highest BCUT2D eigenvalue weighted by Gasteiger charge is 2.32. The molecule has 156 valence electrons. The van der Waals surface area contributed by atoms with Gasteiger partial charge in [0, 0.05) is 16.8 Å². The number of nitrogens with zero attached hydrogens (tertiary/aromatic N) is 1. The molecule has 0 saturated carbocycles. The van der Waals surface area contributed by atoms with Gasteiger partial charge in [0.25, 0.3) is 0 Å². The number of aromatic nitrogens is 2. The van der Waals surface area contributed by atoms with E-state index in [1.807, 2.05) is 32.0 Å². The number of aromatic amines is 1. The van der Waals surface area contributed by atoms with Gasteiger partial charge in [-0.1, -0.05) is 24.3 Å². The number of aryl methyl sites for hydroxylation is 1. The van der Waals surface area contributed by atoms with Crippen molar-refractivity contribution in [2.45, 2.75) is 31.0 Å². The SMILES string of the molecule is COc1cc(C2SC(C)C(=O)Nc3n[nH]c(C)c32)ccc1OCc1ccccc1F. The summed E-state index contributed by atoms with van der Waals surface area (Å²) in [6.07, 6.45) is 0. The predicted octanol–water partition coefficient (Wildman–Crippen LogP) is 4.61.